The number of nitrogen functional groups attached to an aromatic ring is 1. The molecule has 0 radical (unpaired) electrons. The van der Waals surface area contributed by atoms with Crippen LogP contribution in [0.3, 0.4) is 0 Å². The minimum absolute atomic E-state index is 0.111. The van der Waals surface area contributed by atoms with Gasteiger partial charge in [0.05, 0.1) is 7.11 Å². The Hall–Kier alpha value is -2.88. The van der Waals surface area contributed by atoms with E-state index in [2.05, 4.69) is 20.0 Å². The molecule has 0 bridgehead atoms. The number of anilines is 2. The Labute approximate surface area is 146 Å². The van der Waals surface area contributed by atoms with Gasteiger partial charge in [-0.1, -0.05) is 11.8 Å². The second-order valence-corrected chi connectivity index (χ2v) is 6.21. The van der Waals surface area contributed by atoms with Gasteiger partial charge < -0.3 is 15.8 Å². The van der Waals surface area contributed by atoms with Crippen LogP contribution in [0.1, 0.15) is 17.3 Å². The Kier molecular flexibility index (Phi) is 5.75. The predicted molar refractivity (Wildman–Crippen MR) is 91.0 cm³/mol. The fourth-order valence-corrected chi connectivity index (χ4v) is 2.64. The Morgan fingerprint density at radius 3 is 2.56 bits per heavy atom. The molecule has 1 heterocycles. The molecule has 10 heteroatoms. The first-order valence-electron chi connectivity index (χ1n) is 7.03. The number of H-pyrrole nitrogens is 1. The highest BCUT2D eigenvalue weighted by Gasteiger charge is 2.19. The van der Waals surface area contributed by atoms with Gasteiger partial charge in [-0.15, -0.1) is 0 Å². The molecule has 1 aromatic heterocycles. The number of methoxy groups -OCH3 is 1. The molecular formula is C15H15FN4O4S. The lowest BCUT2D eigenvalue weighted by atomic mass is 10.2. The lowest BCUT2D eigenvalue weighted by Crippen LogP contribution is -2.24. The topological polar surface area (TPSA) is 127 Å². The van der Waals surface area contributed by atoms with Crippen LogP contribution >= 0.6 is 11.8 Å². The summed E-state index contributed by atoms with van der Waals surface area (Å²) < 4.78 is 17.5. The third-order valence-electron chi connectivity index (χ3n) is 3.09. The van der Waals surface area contributed by atoms with Gasteiger partial charge >= 0.3 is 5.97 Å². The largest absolute Gasteiger partial charge is 0.468 e. The lowest BCUT2D eigenvalue weighted by molar-refractivity contribution is -0.139. The number of nitrogens with two attached hydrogens (primary N) is 1. The number of aromatic nitrogens is 2. The molecule has 4 N–H and O–H groups in total. The van der Waals surface area contributed by atoms with Gasteiger partial charge in [0, 0.05) is 5.56 Å². The van der Waals surface area contributed by atoms with Crippen molar-refractivity contribution in [2.45, 2.75) is 17.3 Å². The van der Waals surface area contributed by atoms with Gasteiger partial charge in [-0.2, -0.15) is 0 Å². The molecule has 0 spiro atoms. The van der Waals surface area contributed by atoms with Crippen molar-refractivity contribution in [1.29, 1.82) is 0 Å². The van der Waals surface area contributed by atoms with Crippen molar-refractivity contribution in [2.24, 2.45) is 0 Å². The highest BCUT2D eigenvalue weighted by molar-refractivity contribution is 8.00. The van der Waals surface area contributed by atoms with Gasteiger partial charge in [0.2, 0.25) is 0 Å². The number of carbonyl (C=O) groups is 2. The third kappa shape index (κ3) is 4.57. The summed E-state index contributed by atoms with van der Waals surface area (Å²) in [5.41, 5.74) is 4.96. The maximum absolute atomic E-state index is 12.9. The number of hydrogen-bond acceptors (Lipinski definition) is 7. The second kappa shape index (κ2) is 7.79. The molecular weight excluding hydrogens is 351 g/mol. The number of nitrogens with one attached hydrogen (secondary N) is 2. The molecule has 0 saturated heterocycles. The lowest BCUT2D eigenvalue weighted by Gasteiger charge is -2.10. The van der Waals surface area contributed by atoms with E-state index in [4.69, 9.17) is 5.73 Å². The Morgan fingerprint density at radius 2 is 2.00 bits per heavy atom. The number of carbonyl (C=O) groups excluding carboxylic acids is 2. The first-order valence-corrected chi connectivity index (χ1v) is 7.91. The highest BCUT2D eigenvalue weighted by atomic mass is 32.2. The summed E-state index contributed by atoms with van der Waals surface area (Å²) in [7, 11) is 1.25. The molecule has 0 unspecified atom stereocenters. The number of thioether (sulfide) groups is 1. The second-order valence-electron chi connectivity index (χ2n) is 4.88. The minimum atomic E-state index is -0.678. The smallest absolute Gasteiger partial charge is 0.318 e. The zero-order chi connectivity index (χ0) is 18.6. The number of esters is 1. The quantitative estimate of drug-likeness (QED) is 0.414. The monoisotopic (exact) mass is 366 g/mol. The van der Waals surface area contributed by atoms with Crippen molar-refractivity contribution >= 4 is 35.1 Å². The van der Waals surface area contributed by atoms with Gasteiger partial charge in [-0.25, -0.2) is 9.37 Å². The molecule has 25 heavy (non-hydrogen) atoms. The van der Waals surface area contributed by atoms with E-state index in [-0.39, 0.29) is 22.2 Å². The van der Waals surface area contributed by atoms with Gasteiger partial charge in [-0.3, -0.25) is 19.4 Å². The number of halogens is 1. The number of aromatic amines is 1. The molecule has 0 aliphatic rings. The van der Waals surface area contributed by atoms with Crippen LogP contribution in [0.5, 0.6) is 0 Å². The number of ether oxygens (including phenoxy) is 1. The minimum Gasteiger partial charge on any atom is -0.468 e. The van der Waals surface area contributed by atoms with Crippen molar-refractivity contribution in [3.63, 3.8) is 0 Å². The Morgan fingerprint density at radius 1 is 1.36 bits per heavy atom. The number of benzene rings is 1. The average molecular weight is 366 g/mol. The van der Waals surface area contributed by atoms with Crippen LogP contribution in [0.15, 0.2) is 34.2 Å². The van der Waals surface area contributed by atoms with E-state index < -0.39 is 28.5 Å². The number of amides is 1. The van der Waals surface area contributed by atoms with Gasteiger partial charge in [0.25, 0.3) is 11.5 Å². The maximum Gasteiger partial charge on any atom is 0.318 e. The van der Waals surface area contributed by atoms with Crippen LogP contribution in [-0.4, -0.2) is 34.2 Å². The van der Waals surface area contributed by atoms with E-state index in [0.29, 0.717) is 0 Å². The Balaban J connectivity index is 2.20. The molecule has 0 aliphatic heterocycles. The van der Waals surface area contributed by atoms with Crippen LogP contribution in [0.2, 0.25) is 0 Å². The van der Waals surface area contributed by atoms with E-state index in [1.807, 2.05) is 0 Å². The average Bonchev–Trinajstić information content (AvgIpc) is 2.57. The van der Waals surface area contributed by atoms with Crippen molar-refractivity contribution in [2.75, 3.05) is 18.2 Å². The molecule has 2 rings (SSSR count). The summed E-state index contributed by atoms with van der Waals surface area (Å²) >= 11 is 0.955. The summed E-state index contributed by atoms with van der Waals surface area (Å²) in [6.45, 7) is 1.58. The Bertz CT molecular complexity index is 854. The number of nitrogens with zero attached hydrogens (tertiary/aromatic N) is 1. The molecule has 8 nitrogen and oxygen atoms in total. The predicted octanol–water partition coefficient (Wildman–Crippen LogP) is 1.40. The molecule has 1 amide bonds. The van der Waals surface area contributed by atoms with E-state index in [1.54, 1.807) is 6.92 Å². The fraction of sp³-hybridized carbons (Fsp3) is 0.200. The number of rotatable bonds is 5. The van der Waals surface area contributed by atoms with Crippen LogP contribution in [0.4, 0.5) is 15.9 Å². The maximum atomic E-state index is 12.9. The van der Waals surface area contributed by atoms with Crippen LogP contribution < -0.4 is 16.6 Å². The molecule has 0 saturated carbocycles. The summed E-state index contributed by atoms with van der Waals surface area (Å²) in [4.78, 5) is 42.0. The molecule has 0 aliphatic carbocycles. The summed E-state index contributed by atoms with van der Waals surface area (Å²) in [6, 6.07) is 4.78. The molecule has 1 aromatic carbocycles. The number of hydrogen-bond donors (Lipinski definition) is 3. The SMILES string of the molecule is COC(=O)[C@@H](C)Sc1nc(N)c(NC(=O)c2ccc(F)cc2)c(=O)[nH]1. The summed E-state index contributed by atoms with van der Waals surface area (Å²) in [6.07, 6.45) is 0. The third-order valence-corrected chi connectivity index (χ3v) is 4.05. The molecule has 0 fully saturated rings. The normalized spacial score (nSPS) is 11.6. The summed E-state index contributed by atoms with van der Waals surface area (Å²) in [5.74, 6) is -1.82. The van der Waals surface area contributed by atoms with Gasteiger partial charge in [0.1, 0.15) is 16.8 Å². The zero-order valence-corrected chi connectivity index (χ0v) is 14.1. The zero-order valence-electron chi connectivity index (χ0n) is 13.3. The van der Waals surface area contributed by atoms with E-state index in [0.717, 1.165) is 23.9 Å². The van der Waals surface area contributed by atoms with Crippen molar-refractivity contribution in [3.8, 4) is 0 Å². The van der Waals surface area contributed by atoms with E-state index in [9.17, 15) is 18.8 Å². The summed E-state index contributed by atoms with van der Waals surface area (Å²) in [5, 5.41) is 1.84. The first kappa shape index (κ1) is 18.5. The van der Waals surface area contributed by atoms with E-state index in [1.165, 1.54) is 19.2 Å². The fourth-order valence-electron chi connectivity index (χ4n) is 1.81. The van der Waals surface area contributed by atoms with Crippen molar-refractivity contribution in [1.82, 2.24) is 9.97 Å². The first-order chi connectivity index (χ1) is 11.8. The highest BCUT2D eigenvalue weighted by Crippen LogP contribution is 2.22. The molecule has 132 valence electrons. The van der Waals surface area contributed by atoms with Crippen molar-refractivity contribution < 1.29 is 18.7 Å². The van der Waals surface area contributed by atoms with Crippen LogP contribution in [0, 0.1) is 5.82 Å². The van der Waals surface area contributed by atoms with Crippen molar-refractivity contribution in [3.05, 3.63) is 46.0 Å². The van der Waals surface area contributed by atoms with Crippen LogP contribution in [-0.2, 0) is 9.53 Å². The molecule has 1 atom stereocenters. The van der Waals surface area contributed by atoms with Gasteiger partial charge in [0.15, 0.2) is 11.0 Å². The van der Waals surface area contributed by atoms with E-state index >= 15 is 0 Å². The van der Waals surface area contributed by atoms with Crippen LogP contribution in [0.25, 0.3) is 0 Å². The molecule has 2 aromatic rings. The van der Waals surface area contributed by atoms with Gasteiger partial charge in [-0.05, 0) is 31.2 Å². The standard InChI is InChI=1S/C15H15FN4O4S/c1-7(14(23)24-2)25-15-19-11(17)10(13(22)20-15)18-12(21)8-3-5-9(16)6-4-8/h3-7H,1-2H3,(H,18,21)(H3,17,19,20,22)/t7-/m1/s1.